The van der Waals surface area contributed by atoms with Crippen LogP contribution in [0.15, 0.2) is 59.6 Å². The Bertz CT molecular complexity index is 1040. The quantitative estimate of drug-likeness (QED) is 0.244. The van der Waals surface area contributed by atoms with Gasteiger partial charge in [-0.2, -0.15) is 0 Å². The Morgan fingerprint density at radius 1 is 1.10 bits per heavy atom. The van der Waals surface area contributed by atoms with E-state index in [-0.39, 0.29) is 12.4 Å². The van der Waals surface area contributed by atoms with E-state index < -0.39 is 0 Å². The van der Waals surface area contributed by atoms with Crippen LogP contribution in [0.4, 0.5) is 10.1 Å². The summed E-state index contributed by atoms with van der Waals surface area (Å²) in [5.74, 6) is 0.974. The Labute approximate surface area is 188 Å². The first kappa shape index (κ1) is 21.6. The third kappa shape index (κ3) is 5.70. The maximum atomic E-state index is 13.4. The number of ether oxygens (including phenoxy) is 2. The molecule has 0 fully saturated rings. The molecule has 0 heterocycles. The van der Waals surface area contributed by atoms with Crippen LogP contribution in [-0.4, -0.2) is 12.8 Å². The highest BCUT2D eigenvalue weighted by atomic mass is 127. The third-order valence-electron chi connectivity index (χ3n) is 4.20. The fraction of sp³-hybridized carbons (Fsp3) is 0.174. The van der Waals surface area contributed by atoms with Gasteiger partial charge in [-0.3, -0.25) is 4.99 Å². The number of halogens is 3. The van der Waals surface area contributed by atoms with E-state index in [1.807, 2.05) is 50.2 Å². The van der Waals surface area contributed by atoms with Crippen LogP contribution in [0.25, 0.3) is 0 Å². The predicted molar refractivity (Wildman–Crippen MR) is 125 cm³/mol. The molecule has 0 bridgehead atoms. The summed E-state index contributed by atoms with van der Waals surface area (Å²) in [7, 11) is 0. The second-order valence-corrected chi connectivity index (χ2v) is 7.89. The molecule has 0 unspecified atom stereocenters. The largest absolute Gasteiger partial charge is 0.490 e. The molecule has 6 heteroatoms. The van der Waals surface area contributed by atoms with Crippen molar-refractivity contribution in [1.82, 2.24) is 0 Å². The molecule has 0 aliphatic heterocycles. The molecular weight excluding hydrogens is 504 g/mol. The molecule has 150 valence electrons. The van der Waals surface area contributed by atoms with Gasteiger partial charge in [-0.1, -0.05) is 29.8 Å². The van der Waals surface area contributed by atoms with Gasteiger partial charge in [0.1, 0.15) is 12.4 Å². The second kappa shape index (κ2) is 10.1. The van der Waals surface area contributed by atoms with E-state index in [0.717, 1.165) is 25.9 Å². The van der Waals surface area contributed by atoms with Crippen LogP contribution in [0.5, 0.6) is 11.5 Å². The monoisotopic (exact) mass is 523 g/mol. The van der Waals surface area contributed by atoms with Crippen LogP contribution in [0.3, 0.4) is 0 Å². The summed E-state index contributed by atoms with van der Waals surface area (Å²) in [6.45, 7) is 4.61. The van der Waals surface area contributed by atoms with Crippen molar-refractivity contribution >= 4 is 46.1 Å². The van der Waals surface area contributed by atoms with Crippen molar-refractivity contribution in [2.45, 2.75) is 20.5 Å². The molecule has 0 saturated carbocycles. The summed E-state index contributed by atoms with van der Waals surface area (Å²) in [6, 6.07) is 15.9. The Morgan fingerprint density at radius 3 is 2.66 bits per heavy atom. The molecule has 0 radical (unpaired) electrons. The summed E-state index contributed by atoms with van der Waals surface area (Å²) < 4.78 is 26.0. The SMILES string of the molecule is CCOc1cc(C=Nc2cccc(Cl)c2C)cc(I)c1OCc1cccc(F)c1. The third-order valence-corrected chi connectivity index (χ3v) is 5.41. The first-order chi connectivity index (χ1) is 14.0. The molecule has 29 heavy (non-hydrogen) atoms. The van der Waals surface area contributed by atoms with E-state index in [2.05, 4.69) is 27.6 Å². The van der Waals surface area contributed by atoms with Gasteiger partial charge in [0.05, 0.1) is 15.9 Å². The Balaban J connectivity index is 1.85. The van der Waals surface area contributed by atoms with E-state index in [9.17, 15) is 4.39 Å². The van der Waals surface area contributed by atoms with Gasteiger partial charge in [0.25, 0.3) is 0 Å². The Hall–Kier alpha value is -2.12. The van der Waals surface area contributed by atoms with Crippen molar-refractivity contribution in [3.63, 3.8) is 0 Å². The van der Waals surface area contributed by atoms with Gasteiger partial charge in [0.2, 0.25) is 0 Å². The topological polar surface area (TPSA) is 30.8 Å². The van der Waals surface area contributed by atoms with E-state index in [1.165, 1.54) is 12.1 Å². The van der Waals surface area contributed by atoms with E-state index in [4.69, 9.17) is 21.1 Å². The first-order valence-electron chi connectivity index (χ1n) is 9.10. The number of benzene rings is 3. The zero-order chi connectivity index (χ0) is 20.8. The molecule has 3 aromatic rings. The average Bonchev–Trinajstić information content (AvgIpc) is 2.69. The van der Waals surface area contributed by atoms with Gasteiger partial charge in [-0.15, -0.1) is 0 Å². The minimum Gasteiger partial charge on any atom is -0.490 e. The van der Waals surface area contributed by atoms with E-state index in [1.54, 1.807) is 12.3 Å². The highest BCUT2D eigenvalue weighted by Crippen LogP contribution is 2.35. The van der Waals surface area contributed by atoms with Gasteiger partial charge >= 0.3 is 0 Å². The lowest BCUT2D eigenvalue weighted by Crippen LogP contribution is -2.02. The number of nitrogens with zero attached hydrogens (tertiary/aromatic N) is 1. The average molecular weight is 524 g/mol. The Morgan fingerprint density at radius 2 is 1.90 bits per heavy atom. The molecule has 0 saturated heterocycles. The zero-order valence-corrected chi connectivity index (χ0v) is 19.0. The maximum Gasteiger partial charge on any atom is 0.175 e. The fourth-order valence-corrected chi connectivity index (χ4v) is 3.68. The van der Waals surface area contributed by atoms with Crippen molar-refractivity contribution in [1.29, 1.82) is 0 Å². The summed E-state index contributed by atoms with van der Waals surface area (Å²) in [4.78, 5) is 4.56. The van der Waals surface area contributed by atoms with Crippen LogP contribution in [0.2, 0.25) is 5.02 Å². The van der Waals surface area contributed by atoms with Crippen molar-refractivity contribution in [3.8, 4) is 11.5 Å². The lowest BCUT2D eigenvalue weighted by atomic mass is 10.2. The molecule has 0 spiro atoms. The van der Waals surface area contributed by atoms with E-state index in [0.29, 0.717) is 23.1 Å². The summed E-state index contributed by atoms with van der Waals surface area (Å²) >= 11 is 8.37. The van der Waals surface area contributed by atoms with Crippen LogP contribution in [0.1, 0.15) is 23.6 Å². The smallest absolute Gasteiger partial charge is 0.175 e. The molecule has 3 nitrogen and oxygen atoms in total. The van der Waals surface area contributed by atoms with Crippen molar-refractivity contribution in [2.75, 3.05) is 6.61 Å². The Kier molecular flexibility index (Phi) is 7.50. The standard InChI is InChI=1S/C23H20ClFINO2/c1-3-28-22-12-17(13-27-21-9-5-8-19(24)15(21)2)11-20(26)23(22)29-14-16-6-4-7-18(25)10-16/h4-13H,3,14H2,1-2H3. The van der Waals surface area contributed by atoms with Gasteiger partial charge in [0.15, 0.2) is 11.5 Å². The molecule has 0 amide bonds. The minimum absolute atomic E-state index is 0.253. The maximum absolute atomic E-state index is 13.4. The van der Waals surface area contributed by atoms with Crippen molar-refractivity contribution in [3.05, 3.63) is 85.7 Å². The normalized spacial score (nSPS) is 11.1. The van der Waals surface area contributed by atoms with Gasteiger partial charge in [-0.25, -0.2) is 4.39 Å². The number of rotatable bonds is 7. The van der Waals surface area contributed by atoms with Crippen LogP contribution >= 0.6 is 34.2 Å². The molecule has 3 rings (SSSR count). The van der Waals surface area contributed by atoms with Crippen molar-refractivity contribution in [2.24, 2.45) is 4.99 Å². The summed E-state index contributed by atoms with van der Waals surface area (Å²) in [5, 5.41) is 0.685. The van der Waals surface area contributed by atoms with Crippen LogP contribution < -0.4 is 9.47 Å². The summed E-state index contributed by atoms with van der Waals surface area (Å²) in [6.07, 6.45) is 1.78. The minimum atomic E-state index is -0.284. The molecule has 0 atom stereocenters. The molecule has 3 aromatic carbocycles. The van der Waals surface area contributed by atoms with E-state index >= 15 is 0 Å². The van der Waals surface area contributed by atoms with Crippen LogP contribution in [0, 0.1) is 16.3 Å². The number of hydrogen-bond donors (Lipinski definition) is 0. The number of aliphatic imine (C=N–C) groups is 1. The first-order valence-corrected chi connectivity index (χ1v) is 10.6. The molecular formula is C23H20ClFINO2. The molecule has 0 aliphatic rings. The number of hydrogen-bond acceptors (Lipinski definition) is 3. The molecule has 0 N–H and O–H groups in total. The van der Waals surface area contributed by atoms with Crippen LogP contribution in [-0.2, 0) is 6.61 Å². The zero-order valence-electron chi connectivity index (χ0n) is 16.1. The fourth-order valence-electron chi connectivity index (χ4n) is 2.73. The summed E-state index contributed by atoms with van der Waals surface area (Å²) in [5.41, 5.74) is 3.39. The second-order valence-electron chi connectivity index (χ2n) is 6.32. The highest BCUT2D eigenvalue weighted by molar-refractivity contribution is 14.1. The van der Waals surface area contributed by atoms with Gasteiger partial charge in [0, 0.05) is 11.2 Å². The van der Waals surface area contributed by atoms with Crippen molar-refractivity contribution < 1.29 is 13.9 Å². The molecule has 0 aliphatic carbocycles. The lowest BCUT2D eigenvalue weighted by molar-refractivity contribution is 0.267. The molecule has 0 aromatic heterocycles. The van der Waals surface area contributed by atoms with Gasteiger partial charge in [-0.05, 0) is 89.5 Å². The highest BCUT2D eigenvalue weighted by Gasteiger charge is 2.12. The lowest BCUT2D eigenvalue weighted by Gasteiger charge is -2.15. The van der Waals surface area contributed by atoms with Gasteiger partial charge < -0.3 is 9.47 Å². The predicted octanol–water partition coefficient (Wildman–Crippen LogP) is 7.12.